The van der Waals surface area contributed by atoms with Crippen molar-refractivity contribution in [2.24, 2.45) is 0 Å². The largest absolute Gasteiger partial charge is 0.394 e. The number of rotatable bonds is 4. The Balaban J connectivity index is 2.35. The summed E-state index contributed by atoms with van der Waals surface area (Å²) >= 11 is 1.56. The van der Waals surface area contributed by atoms with Crippen LogP contribution in [0.15, 0.2) is 23.0 Å². The summed E-state index contributed by atoms with van der Waals surface area (Å²) in [5.41, 5.74) is 5.98. The van der Waals surface area contributed by atoms with Crippen molar-refractivity contribution in [1.82, 2.24) is 15.1 Å². The molecular weight excluding hydrogens is 288 g/mol. The second kappa shape index (κ2) is 6.09. The van der Waals surface area contributed by atoms with Gasteiger partial charge in [-0.15, -0.1) is 11.3 Å². The second-order valence-electron chi connectivity index (χ2n) is 5.08. The number of anilines is 1. The van der Waals surface area contributed by atoms with Gasteiger partial charge in [-0.05, 0) is 39.0 Å². The number of carbonyl (C=O) groups is 1. The molecule has 112 valence electrons. The molecule has 2 rings (SSSR count). The summed E-state index contributed by atoms with van der Waals surface area (Å²) in [4.78, 5) is 25.8. The molecule has 0 unspecified atom stereocenters. The fourth-order valence-corrected chi connectivity index (χ4v) is 2.69. The second-order valence-corrected chi connectivity index (χ2v) is 6.37. The van der Waals surface area contributed by atoms with Gasteiger partial charge < -0.3 is 11.1 Å². The van der Waals surface area contributed by atoms with E-state index in [1.165, 1.54) is 0 Å². The summed E-state index contributed by atoms with van der Waals surface area (Å²) in [5.74, 6) is -0.265. The third-order valence-corrected chi connectivity index (χ3v) is 3.76. The Hall–Kier alpha value is -2.15. The van der Waals surface area contributed by atoms with Crippen LogP contribution in [0.2, 0.25) is 0 Å². The van der Waals surface area contributed by atoms with Crippen LogP contribution >= 0.6 is 11.3 Å². The number of nitrogens with two attached hydrogens (primary N) is 1. The molecule has 0 atom stereocenters. The molecule has 0 aromatic carbocycles. The number of carbonyl (C=O) groups excluding carboxylic acids is 1. The molecule has 2 aromatic heterocycles. The minimum Gasteiger partial charge on any atom is -0.394 e. The summed E-state index contributed by atoms with van der Waals surface area (Å²) in [7, 11) is 0. The lowest BCUT2D eigenvalue weighted by molar-refractivity contribution is -0.122. The van der Waals surface area contributed by atoms with Crippen LogP contribution in [-0.2, 0) is 11.3 Å². The van der Waals surface area contributed by atoms with Crippen LogP contribution in [-0.4, -0.2) is 21.7 Å². The summed E-state index contributed by atoms with van der Waals surface area (Å²) in [6.45, 7) is 5.56. The van der Waals surface area contributed by atoms with Gasteiger partial charge in [0.05, 0.1) is 4.88 Å². The Morgan fingerprint density at radius 3 is 2.76 bits per heavy atom. The first-order valence-corrected chi connectivity index (χ1v) is 7.42. The van der Waals surface area contributed by atoms with Crippen molar-refractivity contribution in [1.29, 1.82) is 0 Å². The van der Waals surface area contributed by atoms with Crippen LogP contribution in [0, 0.1) is 6.92 Å². The number of thiophene rings is 1. The highest BCUT2D eigenvalue weighted by molar-refractivity contribution is 7.15. The molecule has 0 saturated heterocycles. The predicted octanol–water partition coefficient (Wildman–Crippen LogP) is 1.39. The lowest BCUT2D eigenvalue weighted by atomic mass is 10.3. The first-order valence-electron chi connectivity index (χ1n) is 6.60. The van der Waals surface area contributed by atoms with E-state index in [0.717, 1.165) is 14.4 Å². The summed E-state index contributed by atoms with van der Waals surface area (Å²) in [6.07, 6.45) is 0. The smallest absolute Gasteiger partial charge is 0.290 e. The molecule has 21 heavy (non-hydrogen) atoms. The number of aromatic nitrogens is 2. The highest BCUT2D eigenvalue weighted by Crippen LogP contribution is 2.26. The quantitative estimate of drug-likeness (QED) is 0.893. The summed E-state index contributed by atoms with van der Waals surface area (Å²) < 4.78 is 1.11. The molecule has 2 aromatic rings. The van der Waals surface area contributed by atoms with E-state index in [2.05, 4.69) is 10.4 Å². The lowest BCUT2D eigenvalue weighted by Crippen LogP contribution is -2.37. The average molecular weight is 306 g/mol. The molecule has 0 bridgehead atoms. The van der Waals surface area contributed by atoms with Crippen LogP contribution < -0.4 is 16.6 Å². The molecule has 7 heteroatoms. The highest BCUT2D eigenvalue weighted by atomic mass is 32.1. The number of amides is 1. The van der Waals surface area contributed by atoms with Crippen LogP contribution in [0.25, 0.3) is 10.6 Å². The minimum atomic E-state index is -0.453. The molecule has 0 aliphatic heterocycles. The maximum absolute atomic E-state index is 12.0. The zero-order valence-electron chi connectivity index (χ0n) is 12.2. The van der Waals surface area contributed by atoms with Crippen molar-refractivity contribution >= 4 is 22.9 Å². The zero-order valence-corrected chi connectivity index (χ0v) is 13.0. The van der Waals surface area contributed by atoms with Gasteiger partial charge in [0, 0.05) is 10.9 Å². The standard InChI is InChI=1S/C14H18N4O2S/c1-8(2)16-13(19)7-18-14(20)10(15)6-11(17-18)12-5-4-9(3)21-12/h4-6,8H,7,15H2,1-3H3,(H,16,19). The van der Waals surface area contributed by atoms with Crippen molar-refractivity contribution in [2.75, 3.05) is 5.73 Å². The van der Waals surface area contributed by atoms with Gasteiger partial charge in [0.15, 0.2) is 0 Å². The third-order valence-electron chi connectivity index (χ3n) is 2.74. The van der Waals surface area contributed by atoms with Gasteiger partial charge in [0.1, 0.15) is 17.9 Å². The van der Waals surface area contributed by atoms with Crippen LogP contribution in [0.1, 0.15) is 18.7 Å². The fourth-order valence-electron chi connectivity index (χ4n) is 1.87. The number of nitrogens with zero attached hydrogens (tertiary/aromatic N) is 2. The molecule has 3 N–H and O–H groups in total. The lowest BCUT2D eigenvalue weighted by Gasteiger charge is -2.10. The fraction of sp³-hybridized carbons (Fsp3) is 0.357. The van der Waals surface area contributed by atoms with Crippen molar-refractivity contribution in [3.8, 4) is 10.6 Å². The first-order chi connectivity index (χ1) is 9.86. The molecule has 0 saturated carbocycles. The van der Waals surface area contributed by atoms with Gasteiger partial charge >= 0.3 is 0 Å². The number of nitrogen functional groups attached to an aromatic ring is 1. The summed E-state index contributed by atoms with van der Waals surface area (Å²) in [5, 5.41) is 6.96. The molecule has 0 spiro atoms. The van der Waals surface area contributed by atoms with E-state index in [1.807, 2.05) is 32.9 Å². The molecule has 0 aliphatic rings. The third kappa shape index (κ3) is 3.69. The maximum Gasteiger partial charge on any atom is 0.290 e. The van der Waals surface area contributed by atoms with E-state index in [4.69, 9.17) is 5.73 Å². The predicted molar refractivity (Wildman–Crippen MR) is 84.2 cm³/mol. The van der Waals surface area contributed by atoms with Crippen molar-refractivity contribution in [3.63, 3.8) is 0 Å². The monoisotopic (exact) mass is 306 g/mol. The number of hydrogen-bond donors (Lipinski definition) is 2. The van der Waals surface area contributed by atoms with E-state index in [0.29, 0.717) is 5.69 Å². The van der Waals surface area contributed by atoms with Gasteiger partial charge in [-0.1, -0.05) is 0 Å². The van der Waals surface area contributed by atoms with Crippen molar-refractivity contribution < 1.29 is 4.79 Å². The van der Waals surface area contributed by atoms with E-state index in [-0.39, 0.29) is 24.2 Å². The Labute approximate surface area is 126 Å². The minimum absolute atomic E-state index is 0.00803. The summed E-state index contributed by atoms with van der Waals surface area (Å²) in [6, 6.07) is 5.45. The van der Waals surface area contributed by atoms with Gasteiger partial charge in [-0.25, -0.2) is 4.68 Å². The number of aryl methyl sites for hydroxylation is 1. The van der Waals surface area contributed by atoms with E-state index in [1.54, 1.807) is 17.4 Å². The normalized spacial score (nSPS) is 10.9. The highest BCUT2D eigenvalue weighted by Gasteiger charge is 2.12. The molecule has 1 amide bonds. The molecule has 0 aliphatic carbocycles. The SMILES string of the molecule is Cc1ccc(-c2cc(N)c(=O)n(CC(=O)NC(C)C)n2)s1. The van der Waals surface area contributed by atoms with Crippen LogP contribution in [0.5, 0.6) is 0 Å². The van der Waals surface area contributed by atoms with Gasteiger partial charge in [0.2, 0.25) is 5.91 Å². The molecule has 0 radical (unpaired) electrons. The molecule has 2 heterocycles. The Morgan fingerprint density at radius 1 is 1.48 bits per heavy atom. The van der Waals surface area contributed by atoms with Crippen molar-refractivity contribution in [2.45, 2.75) is 33.4 Å². The maximum atomic E-state index is 12.0. The Kier molecular flexibility index (Phi) is 4.42. The van der Waals surface area contributed by atoms with Crippen LogP contribution in [0.4, 0.5) is 5.69 Å². The Bertz CT molecular complexity index is 718. The van der Waals surface area contributed by atoms with Gasteiger partial charge in [-0.3, -0.25) is 9.59 Å². The molecule has 6 nitrogen and oxygen atoms in total. The van der Waals surface area contributed by atoms with E-state index >= 15 is 0 Å². The zero-order chi connectivity index (χ0) is 15.6. The first kappa shape index (κ1) is 15.2. The van der Waals surface area contributed by atoms with E-state index < -0.39 is 5.56 Å². The van der Waals surface area contributed by atoms with Gasteiger partial charge in [-0.2, -0.15) is 5.10 Å². The number of nitrogens with one attached hydrogen (secondary N) is 1. The molecular formula is C14H18N4O2S. The van der Waals surface area contributed by atoms with E-state index in [9.17, 15) is 9.59 Å². The van der Waals surface area contributed by atoms with Gasteiger partial charge in [0.25, 0.3) is 5.56 Å². The van der Waals surface area contributed by atoms with Crippen molar-refractivity contribution in [3.05, 3.63) is 33.4 Å². The molecule has 0 fully saturated rings. The Morgan fingerprint density at radius 2 is 2.19 bits per heavy atom. The number of hydrogen-bond acceptors (Lipinski definition) is 5. The van der Waals surface area contributed by atoms with Crippen LogP contribution in [0.3, 0.4) is 0 Å². The topological polar surface area (TPSA) is 90.0 Å². The average Bonchev–Trinajstić information content (AvgIpc) is 2.80.